The molecule has 0 amide bonds. The van der Waals surface area contributed by atoms with Crippen LogP contribution in [0.25, 0.3) is 0 Å². The summed E-state index contributed by atoms with van der Waals surface area (Å²) in [5.41, 5.74) is 0.462. The van der Waals surface area contributed by atoms with Crippen molar-refractivity contribution in [3.05, 3.63) is 63.9 Å². The summed E-state index contributed by atoms with van der Waals surface area (Å²) in [6, 6.07) is 8.98. The van der Waals surface area contributed by atoms with Gasteiger partial charge in [0.15, 0.2) is 0 Å². The number of alkyl halides is 3. The van der Waals surface area contributed by atoms with Crippen molar-refractivity contribution in [1.29, 1.82) is 0 Å². The third kappa shape index (κ3) is 2.94. The van der Waals surface area contributed by atoms with Crippen molar-refractivity contribution in [2.75, 3.05) is 0 Å². The summed E-state index contributed by atoms with van der Waals surface area (Å²) in [5.74, 6) is 0. The van der Waals surface area contributed by atoms with Gasteiger partial charge in [-0.3, -0.25) is 0 Å². The van der Waals surface area contributed by atoms with E-state index >= 15 is 0 Å². The molecule has 2 nitrogen and oxygen atoms in total. The number of rotatable bonds is 2. The molecule has 2 aromatic rings. The fourth-order valence-corrected chi connectivity index (χ4v) is 2.13. The summed E-state index contributed by atoms with van der Waals surface area (Å²) in [7, 11) is 0. The predicted molar refractivity (Wildman–Crippen MR) is 69.5 cm³/mol. The Labute approximate surface area is 118 Å². The van der Waals surface area contributed by atoms with Gasteiger partial charge in [-0.15, -0.1) is 0 Å². The zero-order valence-corrected chi connectivity index (χ0v) is 11.2. The summed E-state index contributed by atoms with van der Waals surface area (Å²) < 4.78 is 37.5. The maximum Gasteiger partial charge on any atom is 0.433 e. The predicted octanol–water partition coefficient (Wildman–Crippen LogP) is 4.14. The molecule has 6 heteroatoms. The van der Waals surface area contributed by atoms with Crippen molar-refractivity contribution in [1.82, 2.24) is 4.98 Å². The van der Waals surface area contributed by atoms with Crippen molar-refractivity contribution < 1.29 is 18.3 Å². The number of aliphatic hydroxyl groups is 1. The number of halogens is 4. The van der Waals surface area contributed by atoms with Gasteiger partial charge in [-0.25, -0.2) is 4.98 Å². The third-order valence-corrected chi connectivity index (χ3v) is 3.25. The van der Waals surface area contributed by atoms with Crippen LogP contribution in [-0.4, -0.2) is 10.1 Å². The highest BCUT2D eigenvalue weighted by molar-refractivity contribution is 6.30. The Morgan fingerprint density at radius 2 is 1.75 bits per heavy atom. The molecular weight excluding hydrogens is 291 g/mol. The van der Waals surface area contributed by atoms with E-state index in [0.29, 0.717) is 5.56 Å². The van der Waals surface area contributed by atoms with Crippen molar-refractivity contribution in [2.45, 2.75) is 19.2 Å². The molecule has 0 fully saturated rings. The van der Waals surface area contributed by atoms with E-state index in [1.165, 1.54) is 0 Å². The quantitative estimate of drug-likeness (QED) is 0.846. The summed E-state index contributed by atoms with van der Waals surface area (Å²) >= 11 is 5.76. The lowest BCUT2D eigenvalue weighted by atomic mass is 9.98. The second-order valence-electron chi connectivity index (χ2n) is 4.33. The fraction of sp³-hybridized carbons (Fsp3) is 0.214. The molecule has 1 aromatic carbocycles. The molecule has 0 aliphatic rings. The normalized spacial score (nSPS) is 13.3. The van der Waals surface area contributed by atoms with Crippen molar-refractivity contribution in [3.63, 3.8) is 0 Å². The molecule has 0 saturated carbocycles. The van der Waals surface area contributed by atoms with E-state index < -0.39 is 18.0 Å². The van der Waals surface area contributed by atoms with Crippen molar-refractivity contribution in [2.24, 2.45) is 0 Å². The van der Waals surface area contributed by atoms with Gasteiger partial charge in [0.1, 0.15) is 17.0 Å². The molecule has 0 aliphatic heterocycles. The Kier molecular flexibility index (Phi) is 4.01. The Hall–Kier alpha value is -1.59. The van der Waals surface area contributed by atoms with Gasteiger partial charge in [0, 0.05) is 5.56 Å². The number of aryl methyl sites for hydroxylation is 1. The van der Waals surface area contributed by atoms with Gasteiger partial charge in [0.05, 0.1) is 0 Å². The number of hydrogen-bond donors (Lipinski definition) is 1. The molecule has 106 valence electrons. The molecule has 0 radical (unpaired) electrons. The first-order valence-electron chi connectivity index (χ1n) is 5.78. The lowest BCUT2D eigenvalue weighted by molar-refractivity contribution is -0.141. The van der Waals surface area contributed by atoms with Crippen LogP contribution in [0, 0.1) is 6.92 Å². The van der Waals surface area contributed by atoms with Crippen LogP contribution < -0.4 is 0 Å². The fourth-order valence-electron chi connectivity index (χ4n) is 1.87. The Balaban J connectivity index is 2.42. The number of benzene rings is 1. The van der Waals surface area contributed by atoms with E-state index in [1.807, 2.05) is 0 Å². The van der Waals surface area contributed by atoms with Gasteiger partial charge in [0.25, 0.3) is 0 Å². The topological polar surface area (TPSA) is 33.1 Å². The zero-order valence-electron chi connectivity index (χ0n) is 10.4. The van der Waals surface area contributed by atoms with Crippen LogP contribution in [0.4, 0.5) is 13.2 Å². The van der Waals surface area contributed by atoms with E-state index in [0.717, 1.165) is 17.7 Å². The number of aromatic nitrogens is 1. The molecule has 1 atom stereocenters. The van der Waals surface area contributed by atoms with Gasteiger partial charge < -0.3 is 5.11 Å². The molecule has 0 spiro atoms. The first-order valence-corrected chi connectivity index (χ1v) is 6.15. The van der Waals surface area contributed by atoms with Crippen LogP contribution in [0.15, 0.2) is 36.4 Å². The highest BCUT2D eigenvalue weighted by Crippen LogP contribution is 2.33. The average Bonchev–Trinajstić information content (AvgIpc) is 2.37. The van der Waals surface area contributed by atoms with Crippen LogP contribution >= 0.6 is 11.6 Å². The van der Waals surface area contributed by atoms with Gasteiger partial charge in [0.2, 0.25) is 0 Å². The second kappa shape index (κ2) is 5.42. The Morgan fingerprint density at radius 1 is 1.10 bits per heavy atom. The van der Waals surface area contributed by atoms with Gasteiger partial charge in [-0.05, 0) is 24.1 Å². The monoisotopic (exact) mass is 301 g/mol. The molecule has 1 unspecified atom stereocenters. The van der Waals surface area contributed by atoms with E-state index in [-0.39, 0.29) is 10.7 Å². The zero-order chi connectivity index (χ0) is 14.9. The minimum atomic E-state index is -4.56. The van der Waals surface area contributed by atoms with Gasteiger partial charge in [-0.2, -0.15) is 13.2 Å². The maximum atomic E-state index is 12.5. The Bertz CT molecular complexity index is 628. The van der Waals surface area contributed by atoms with Crippen molar-refractivity contribution in [3.8, 4) is 0 Å². The van der Waals surface area contributed by atoms with Crippen LogP contribution in [0.5, 0.6) is 0 Å². The molecule has 20 heavy (non-hydrogen) atoms. The van der Waals surface area contributed by atoms with E-state index in [9.17, 15) is 18.3 Å². The first kappa shape index (κ1) is 14.8. The van der Waals surface area contributed by atoms with E-state index in [4.69, 9.17) is 11.6 Å². The molecule has 0 aliphatic carbocycles. The number of nitrogens with zero attached hydrogens (tertiary/aromatic N) is 1. The molecular formula is C14H11ClF3NO. The van der Waals surface area contributed by atoms with Gasteiger partial charge in [-0.1, -0.05) is 41.9 Å². The van der Waals surface area contributed by atoms with Crippen LogP contribution in [-0.2, 0) is 6.18 Å². The van der Waals surface area contributed by atoms with Crippen LogP contribution in [0.3, 0.4) is 0 Å². The molecule has 0 saturated heterocycles. The lowest BCUT2D eigenvalue weighted by Gasteiger charge is -2.16. The number of pyridine rings is 1. The molecule has 1 heterocycles. The first-order chi connectivity index (χ1) is 9.30. The molecule has 2 rings (SSSR count). The average molecular weight is 302 g/mol. The maximum absolute atomic E-state index is 12.5. The molecule has 1 aromatic heterocycles. The SMILES string of the molecule is Cc1ccccc1C(O)c1ccc(C(F)(F)F)nc1Cl. The lowest BCUT2D eigenvalue weighted by Crippen LogP contribution is -2.10. The summed E-state index contributed by atoms with van der Waals surface area (Å²) in [6.07, 6.45) is -5.67. The summed E-state index contributed by atoms with van der Waals surface area (Å²) in [4.78, 5) is 3.30. The van der Waals surface area contributed by atoms with Crippen LogP contribution in [0.1, 0.15) is 28.5 Å². The van der Waals surface area contributed by atoms with Crippen LogP contribution in [0.2, 0.25) is 5.15 Å². The second-order valence-corrected chi connectivity index (χ2v) is 4.69. The summed E-state index contributed by atoms with van der Waals surface area (Å²) in [5, 5.41) is 9.89. The third-order valence-electron chi connectivity index (χ3n) is 2.95. The highest BCUT2D eigenvalue weighted by Gasteiger charge is 2.33. The van der Waals surface area contributed by atoms with Crippen molar-refractivity contribution >= 4 is 11.6 Å². The smallest absolute Gasteiger partial charge is 0.384 e. The standard InChI is InChI=1S/C14H11ClF3NO/c1-8-4-2-3-5-9(8)12(20)10-6-7-11(14(16,17)18)19-13(10)15/h2-7,12,20H,1H3. The minimum Gasteiger partial charge on any atom is -0.384 e. The van der Waals surface area contributed by atoms with Gasteiger partial charge >= 0.3 is 6.18 Å². The summed E-state index contributed by atoms with van der Waals surface area (Å²) in [6.45, 7) is 1.80. The number of hydrogen-bond acceptors (Lipinski definition) is 2. The number of aliphatic hydroxyl groups excluding tert-OH is 1. The van der Waals surface area contributed by atoms with E-state index in [2.05, 4.69) is 4.98 Å². The largest absolute Gasteiger partial charge is 0.433 e. The molecule has 1 N–H and O–H groups in total. The van der Waals surface area contributed by atoms with E-state index in [1.54, 1.807) is 31.2 Å². The highest BCUT2D eigenvalue weighted by atomic mass is 35.5. The molecule has 0 bridgehead atoms. The Morgan fingerprint density at radius 3 is 2.30 bits per heavy atom. The minimum absolute atomic E-state index is 0.147.